The average Bonchev–Trinajstić information content (AvgIpc) is 3.57. The second kappa shape index (κ2) is 15.1. The summed E-state index contributed by atoms with van der Waals surface area (Å²) in [5.74, 6) is 0.883. The molecule has 5 heterocycles. The van der Waals surface area contributed by atoms with Crippen LogP contribution in [0.25, 0.3) is 20.2 Å². The molecule has 0 radical (unpaired) electrons. The van der Waals surface area contributed by atoms with Crippen molar-refractivity contribution in [2.45, 2.75) is 14.2 Å². The zero-order valence-corrected chi connectivity index (χ0v) is 28.0. The minimum atomic E-state index is -3.39. The third-order valence-corrected chi connectivity index (χ3v) is 12.1. The van der Waals surface area contributed by atoms with Gasteiger partial charge in [-0.25, -0.2) is 18.4 Å². The van der Waals surface area contributed by atoms with Gasteiger partial charge < -0.3 is 14.8 Å². The van der Waals surface area contributed by atoms with E-state index in [1.807, 2.05) is 30.3 Å². The molecule has 0 amide bonds. The molecule has 6 rings (SSSR count). The second-order valence-corrected chi connectivity index (χ2v) is 15.4. The van der Waals surface area contributed by atoms with Gasteiger partial charge in [0.1, 0.15) is 15.2 Å². The molecule has 4 aromatic heterocycles. The standard InChI is InChI=1S/C18H18BrN3O2S2.C7H4ClNO2S2.ClH.Li/c19-14-3-1-13(2-4-14)12-26(23,24)17-11-15-16(25-17)5-6-21-18(15)22-9-7-20-8-10-22;8-7-4-3-6(13(10)11)12-5(4)1-2-9-7;;/h1-6,11,20H,7-10,12H2;1-3H,(H,10,11);1H;/q;;;+1/p-1. The number of halogens is 3. The van der Waals surface area contributed by atoms with Crippen LogP contribution in [0.1, 0.15) is 5.56 Å². The molecule has 8 nitrogen and oxygen atoms in total. The Morgan fingerprint density at radius 2 is 1.63 bits per heavy atom. The Bertz CT molecular complexity index is 1760. The van der Waals surface area contributed by atoms with Crippen LogP contribution in [0.2, 0.25) is 5.15 Å². The molecule has 0 spiro atoms. The Morgan fingerprint density at radius 1 is 1.00 bits per heavy atom. The van der Waals surface area contributed by atoms with Crippen molar-refractivity contribution >= 4 is 110 Å². The number of nitrogens with zero attached hydrogens (tertiary/aromatic N) is 3. The van der Waals surface area contributed by atoms with Crippen molar-refractivity contribution in [2.75, 3.05) is 31.1 Å². The van der Waals surface area contributed by atoms with Crippen molar-refractivity contribution < 1.29 is 36.0 Å². The van der Waals surface area contributed by atoms with Crippen molar-refractivity contribution in [3.8, 4) is 0 Å². The van der Waals surface area contributed by atoms with Gasteiger partial charge in [0.2, 0.25) is 0 Å². The third-order valence-electron chi connectivity index (χ3n) is 5.93. The Labute approximate surface area is 279 Å². The number of pyridine rings is 2. The first-order valence-corrected chi connectivity index (χ1v) is 17.2. The van der Waals surface area contributed by atoms with E-state index in [1.165, 1.54) is 28.7 Å². The first-order valence-electron chi connectivity index (χ1n) is 11.7. The van der Waals surface area contributed by atoms with E-state index < -0.39 is 20.9 Å². The van der Waals surface area contributed by atoms with E-state index >= 15 is 0 Å². The summed E-state index contributed by atoms with van der Waals surface area (Å²) in [6, 6.07) is 14.3. The van der Waals surface area contributed by atoms with E-state index in [0.29, 0.717) is 14.7 Å². The molecule has 1 N–H and O–H groups in total. The number of benzene rings is 1. The molecule has 1 aliphatic heterocycles. The molecule has 5 aromatic rings. The number of fused-ring (bicyclic) bond motifs is 2. The smallest absolute Gasteiger partial charge is 0.768 e. The zero-order chi connectivity index (χ0) is 27.6. The Hall–Kier alpha value is -1.08. The number of piperazine rings is 1. The van der Waals surface area contributed by atoms with Crippen LogP contribution in [0.4, 0.5) is 5.82 Å². The number of sulfone groups is 1. The molecule has 0 aliphatic carbocycles. The van der Waals surface area contributed by atoms with Gasteiger partial charge in [0.05, 0.1) is 9.96 Å². The number of nitrogens with one attached hydrogen (secondary N) is 1. The van der Waals surface area contributed by atoms with Crippen LogP contribution in [-0.2, 0) is 26.7 Å². The number of hydrogen-bond donors (Lipinski definition) is 1. The topological polar surface area (TPSA) is 115 Å². The van der Waals surface area contributed by atoms with Gasteiger partial charge in [0.15, 0.2) is 9.84 Å². The summed E-state index contributed by atoms with van der Waals surface area (Å²) in [4.78, 5) is 10.6. The number of aromatic nitrogens is 2. The van der Waals surface area contributed by atoms with Gasteiger partial charge in [0, 0.05) is 63.2 Å². The van der Waals surface area contributed by atoms with Gasteiger partial charge in [-0.3, -0.25) is 4.21 Å². The quantitative estimate of drug-likeness (QED) is 0.167. The largest absolute Gasteiger partial charge is 1.00 e. The molecule has 1 aliphatic rings. The fraction of sp³-hybridized carbons (Fsp3) is 0.200. The maximum atomic E-state index is 12.9. The first-order chi connectivity index (χ1) is 18.7. The molecule has 16 heteroatoms. The van der Waals surface area contributed by atoms with Crippen LogP contribution >= 0.6 is 62.6 Å². The van der Waals surface area contributed by atoms with Crippen molar-refractivity contribution in [1.29, 1.82) is 0 Å². The molecule has 1 fully saturated rings. The minimum Gasteiger partial charge on any atom is -0.768 e. The minimum absolute atomic E-state index is 0. The van der Waals surface area contributed by atoms with Gasteiger partial charge in [-0.05, 0) is 53.0 Å². The molecular weight excluding hydrogens is 706 g/mol. The molecule has 0 saturated carbocycles. The zero-order valence-electron chi connectivity index (χ0n) is 21.6. The van der Waals surface area contributed by atoms with Crippen LogP contribution in [0.3, 0.4) is 0 Å². The summed E-state index contributed by atoms with van der Waals surface area (Å²) >= 11 is 9.47. The number of rotatable bonds is 5. The maximum absolute atomic E-state index is 12.9. The summed E-state index contributed by atoms with van der Waals surface area (Å²) in [5, 5.41) is 5.28. The fourth-order valence-corrected chi connectivity index (χ4v) is 8.95. The molecule has 1 aromatic carbocycles. The summed E-state index contributed by atoms with van der Waals surface area (Å²) < 4.78 is 50.5. The van der Waals surface area contributed by atoms with Crippen LogP contribution in [0.5, 0.6) is 0 Å². The van der Waals surface area contributed by atoms with Gasteiger partial charge in [-0.1, -0.05) is 39.7 Å². The normalized spacial score (nSPS) is 14.1. The molecule has 41 heavy (non-hydrogen) atoms. The third kappa shape index (κ3) is 8.30. The Kier molecular flexibility index (Phi) is 12.7. The van der Waals surface area contributed by atoms with Gasteiger partial charge in [0.25, 0.3) is 0 Å². The summed E-state index contributed by atoms with van der Waals surface area (Å²) in [6.07, 6.45) is 3.32. The van der Waals surface area contributed by atoms with E-state index in [2.05, 4.69) is 36.1 Å². The molecule has 1 unspecified atom stereocenters. The summed E-state index contributed by atoms with van der Waals surface area (Å²) in [5.41, 5.74) is 0.783. The molecule has 1 saturated heterocycles. The Balaban J connectivity index is 0.000000262. The summed E-state index contributed by atoms with van der Waals surface area (Å²) in [7, 11) is -3.39. The number of anilines is 1. The average molecular weight is 728 g/mol. The van der Waals surface area contributed by atoms with Gasteiger partial charge in [-0.2, -0.15) is 0 Å². The van der Waals surface area contributed by atoms with Crippen molar-refractivity contribution in [3.63, 3.8) is 0 Å². The fourth-order valence-electron chi connectivity index (χ4n) is 4.07. The van der Waals surface area contributed by atoms with Crippen LogP contribution < -0.4 is 29.1 Å². The van der Waals surface area contributed by atoms with E-state index in [0.717, 1.165) is 56.8 Å². The molecule has 212 valence electrons. The number of hydrogen-bond acceptors (Lipinski definition) is 10. The van der Waals surface area contributed by atoms with E-state index in [9.17, 15) is 17.2 Å². The predicted octanol–water partition coefficient (Wildman–Crippen LogP) is 3.06. The van der Waals surface area contributed by atoms with Crippen LogP contribution in [0, 0.1) is 0 Å². The maximum Gasteiger partial charge on any atom is 1.00 e. The van der Waals surface area contributed by atoms with Crippen LogP contribution in [0.15, 0.2) is 73.8 Å². The SMILES string of the molecule is Cl.O=S(=O)(Cc1ccc(Br)cc1)c1cc2c(N3CCNCC3)nccc2s1.O=S([O-])c1cc2c(Cl)nccc2s1.[Li+]. The van der Waals surface area contributed by atoms with Gasteiger partial charge in [-0.15, -0.1) is 35.1 Å². The van der Waals surface area contributed by atoms with Crippen molar-refractivity contribution in [2.24, 2.45) is 0 Å². The molecule has 1 atom stereocenters. The molecular formula is C25H22BrCl2LiN4O4S4. The first kappa shape index (κ1) is 34.4. The van der Waals surface area contributed by atoms with Crippen molar-refractivity contribution in [1.82, 2.24) is 15.3 Å². The molecule has 0 bridgehead atoms. The second-order valence-electron chi connectivity index (χ2n) is 8.55. The van der Waals surface area contributed by atoms with E-state index in [1.54, 1.807) is 24.5 Å². The van der Waals surface area contributed by atoms with Crippen molar-refractivity contribution in [3.05, 3.63) is 76.1 Å². The summed E-state index contributed by atoms with van der Waals surface area (Å²) in [6.45, 7) is 3.58. The monoisotopic (exact) mass is 726 g/mol. The van der Waals surface area contributed by atoms with E-state index in [-0.39, 0.29) is 41.2 Å². The van der Waals surface area contributed by atoms with E-state index in [4.69, 9.17) is 11.6 Å². The van der Waals surface area contributed by atoms with Crippen LogP contribution in [-0.4, -0.2) is 53.3 Å². The Morgan fingerprint density at radius 3 is 2.27 bits per heavy atom. The predicted molar refractivity (Wildman–Crippen MR) is 169 cm³/mol. The van der Waals surface area contributed by atoms with Gasteiger partial charge >= 0.3 is 18.9 Å². The number of thiophene rings is 2.